The van der Waals surface area contributed by atoms with E-state index in [9.17, 15) is 14.3 Å². The number of rotatable bonds is 7. The molecule has 1 N–H and O–H groups in total. The molecule has 0 amide bonds. The third-order valence-electron chi connectivity index (χ3n) is 6.60. The average Bonchev–Trinajstić information content (AvgIpc) is 2.92. The molecule has 0 saturated carbocycles. The van der Waals surface area contributed by atoms with Crippen molar-refractivity contribution >= 4 is 11.9 Å². The maximum Gasteiger partial charge on any atom is 0.339 e. The molecule has 6 nitrogen and oxygen atoms in total. The number of ether oxygens (including phenoxy) is 1. The van der Waals surface area contributed by atoms with Crippen molar-refractivity contribution in [3.05, 3.63) is 118 Å². The van der Waals surface area contributed by atoms with Crippen LogP contribution in [0.2, 0.25) is 0 Å². The van der Waals surface area contributed by atoms with Gasteiger partial charge in [-0.25, -0.2) is 19.2 Å². The zero-order valence-electron chi connectivity index (χ0n) is 19.9. The third-order valence-corrected chi connectivity index (χ3v) is 6.60. The van der Waals surface area contributed by atoms with Crippen molar-refractivity contribution in [2.75, 3.05) is 18.6 Å². The Morgan fingerprint density at radius 1 is 1.08 bits per heavy atom. The number of hydrogen-bond donors (Lipinski definition) is 1. The number of hydrogen-bond acceptors (Lipinski definition) is 5. The SMILES string of the molecule is COc1cccc([C@H]2c3ccccc3CCN2c2ncc(C(=O)O)c(CCc3ccc(F)cc3)n2)c1. The van der Waals surface area contributed by atoms with E-state index in [4.69, 9.17) is 9.72 Å². The highest BCUT2D eigenvalue weighted by atomic mass is 19.1. The van der Waals surface area contributed by atoms with Gasteiger partial charge in [0.25, 0.3) is 0 Å². The first-order valence-electron chi connectivity index (χ1n) is 11.9. The molecule has 2 heterocycles. The summed E-state index contributed by atoms with van der Waals surface area (Å²) in [5.41, 5.74) is 4.92. The zero-order chi connectivity index (χ0) is 25.1. The van der Waals surface area contributed by atoms with Crippen LogP contribution in [0.4, 0.5) is 10.3 Å². The average molecular weight is 484 g/mol. The normalized spacial score (nSPS) is 14.8. The standard InChI is InChI=1S/C29H26FN3O3/c1-36-23-7-4-6-21(17-23)27-24-8-3-2-5-20(24)15-16-33(27)29-31-18-25(28(34)35)26(32-29)14-11-19-9-12-22(30)13-10-19/h2-10,12-13,17-18,27H,11,14-16H2,1H3,(H,34,35)/t27-/m0/s1. The summed E-state index contributed by atoms with van der Waals surface area (Å²) in [7, 11) is 1.65. The maximum absolute atomic E-state index is 13.3. The van der Waals surface area contributed by atoms with Gasteiger partial charge in [0.2, 0.25) is 5.95 Å². The molecule has 0 radical (unpaired) electrons. The first-order valence-corrected chi connectivity index (χ1v) is 11.9. The Labute approximate surface area is 209 Å². The van der Waals surface area contributed by atoms with Gasteiger partial charge in [0.15, 0.2) is 0 Å². The Morgan fingerprint density at radius 2 is 1.89 bits per heavy atom. The van der Waals surface area contributed by atoms with Gasteiger partial charge in [0, 0.05) is 12.7 Å². The van der Waals surface area contributed by atoms with Gasteiger partial charge in [-0.15, -0.1) is 0 Å². The lowest BCUT2D eigenvalue weighted by atomic mass is 9.88. The first kappa shape index (κ1) is 23.5. The van der Waals surface area contributed by atoms with E-state index in [1.54, 1.807) is 19.2 Å². The monoisotopic (exact) mass is 483 g/mol. The molecule has 5 rings (SSSR count). The van der Waals surface area contributed by atoms with Gasteiger partial charge < -0.3 is 14.7 Å². The molecule has 1 atom stereocenters. The third kappa shape index (κ3) is 4.77. The summed E-state index contributed by atoms with van der Waals surface area (Å²) in [6, 6.07) is 22.4. The molecular weight excluding hydrogens is 457 g/mol. The second-order valence-electron chi connectivity index (χ2n) is 8.78. The van der Waals surface area contributed by atoms with E-state index in [-0.39, 0.29) is 17.4 Å². The highest BCUT2D eigenvalue weighted by molar-refractivity contribution is 5.88. The minimum Gasteiger partial charge on any atom is -0.497 e. The molecule has 0 fully saturated rings. The molecule has 0 saturated heterocycles. The molecule has 7 heteroatoms. The van der Waals surface area contributed by atoms with E-state index < -0.39 is 5.97 Å². The summed E-state index contributed by atoms with van der Waals surface area (Å²) in [5.74, 6) is -0.124. The second kappa shape index (κ2) is 10.2. The van der Waals surface area contributed by atoms with Crippen LogP contribution in [0.15, 0.2) is 79.0 Å². The number of benzene rings is 3. The molecule has 182 valence electrons. The van der Waals surface area contributed by atoms with Crippen molar-refractivity contribution < 1.29 is 19.0 Å². The van der Waals surface area contributed by atoms with Crippen LogP contribution in [0, 0.1) is 5.82 Å². The fraction of sp³-hybridized carbons (Fsp3) is 0.207. The first-order chi connectivity index (χ1) is 17.5. The Balaban J connectivity index is 1.54. The molecule has 1 aromatic heterocycles. The van der Waals surface area contributed by atoms with Crippen LogP contribution < -0.4 is 9.64 Å². The molecule has 4 aromatic rings. The molecule has 0 bridgehead atoms. The quantitative estimate of drug-likeness (QED) is 0.387. The Bertz CT molecular complexity index is 1390. The minimum absolute atomic E-state index is 0.0798. The number of aromatic nitrogens is 2. The fourth-order valence-corrected chi connectivity index (χ4v) is 4.78. The van der Waals surface area contributed by atoms with E-state index in [0.29, 0.717) is 31.0 Å². The van der Waals surface area contributed by atoms with Gasteiger partial charge in [0.1, 0.15) is 11.6 Å². The van der Waals surface area contributed by atoms with E-state index in [2.05, 4.69) is 28.1 Å². The molecule has 36 heavy (non-hydrogen) atoms. The summed E-state index contributed by atoms with van der Waals surface area (Å²) in [4.78, 5) is 23.3. The van der Waals surface area contributed by atoms with Crippen LogP contribution in [0.5, 0.6) is 5.75 Å². The van der Waals surface area contributed by atoms with E-state index in [0.717, 1.165) is 28.9 Å². The summed E-state index contributed by atoms with van der Waals surface area (Å²) in [5, 5.41) is 9.76. The molecular formula is C29H26FN3O3. The predicted molar refractivity (Wildman–Crippen MR) is 135 cm³/mol. The Kier molecular flexibility index (Phi) is 6.62. The maximum atomic E-state index is 13.3. The number of aryl methyl sites for hydroxylation is 2. The van der Waals surface area contributed by atoms with Gasteiger partial charge >= 0.3 is 5.97 Å². The molecule has 0 spiro atoms. The molecule has 0 aliphatic carbocycles. The predicted octanol–water partition coefficient (Wildman–Crippen LogP) is 5.26. The Hall–Kier alpha value is -4.26. The smallest absolute Gasteiger partial charge is 0.339 e. The number of methoxy groups -OCH3 is 1. The van der Waals surface area contributed by atoms with Crippen molar-refractivity contribution in [2.24, 2.45) is 0 Å². The summed E-state index contributed by atoms with van der Waals surface area (Å²) in [6.45, 7) is 0.683. The van der Waals surface area contributed by atoms with Crippen molar-refractivity contribution in [2.45, 2.75) is 25.3 Å². The summed E-state index contributed by atoms with van der Waals surface area (Å²) < 4.78 is 18.8. The van der Waals surface area contributed by atoms with E-state index in [1.165, 1.54) is 23.9 Å². The lowest BCUT2D eigenvalue weighted by Crippen LogP contribution is -2.37. The van der Waals surface area contributed by atoms with Crippen LogP contribution >= 0.6 is 0 Å². The zero-order valence-corrected chi connectivity index (χ0v) is 19.9. The molecule has 1 aliphatic heterocycles. The Morgan fingerprint density at radius 3 is 2.67 bits per heavy atom. The number of carboxylic acid groups (broad SMARTS) is 1. The van der Waals surface area contributed by atoms with Crippen molar-refractivity contribution in [1.82, 2.24) is 9.97 Å². The number of anilines is 1. The van der Waals surface area contributed by atoms with Gasteiger partial charge in [-0.2, -0.15) is 0 Å². The number of carboxylic acids is 1. The lowest BCUT2D eigenvalue weighted by molar-refractivity contribution is 0.0694. The minimum atomic E-state index is -1.07. The molecule has 3 aromatic carbocycles. The summed E-state index contributed by atoms with van der Waals surface area (Å²) in [6.07, 6.45) is 3.16. The van der Waals surface area contributed by atoms with Gasteiger partial charge in [-0.3, -0.25) is 0 Å². The molecule has 1 aliphatic rings. The van der Waals surface area contributed by atoms with Crippen LogP contribution in [0.1, 0.15) is 44.3 Å². The number of fused-ring (bicyclic) bond motifs is 1. The fourth-order valence-electron chi connectivity index (χ4n) is 4.78. The van der Waals surface area contributed by atoms with E-state index in [1.807, 2.05) is 30.3 Å². The largest absolute Gasteiger partial charge is 0.497 e. The topological polar surface area (TPSA) is 75.5 Å². The summed E-state index contributed by atoms with van der Waals surface area (Å²) >= 11 is 0. The number of halogens is 1. The van der Waals surface area contributed by atoms with Crippen molar-refractivity contribution in [3.8, 4) is 5.75 Å². The van der Waals surface area contributed by atoms with Gasteiger partial charge in [-0.05, 0) is 65.8 Å². The highest BCUT2D eigenvalue weighted by Gasteiger charge is 2.31. The van der Waals surface area contributed by atoms with Crippen LogP contribution in [0.25, 0.3) is 0 Å². The lowest BCUT2D eigenvalue weighted by Gasteiger charge is -2.38. The van der Waals surface area contributed by atoms with Crippen molar-refractivity contribution in [1.29, 1.82) is 0 Å². The van der Waals surface area contributed by atoms with E-state index >= 15 is 0 Å². The van der Waals surface area contributed by atoms with Crippen LogP contribution in [-0.2, 0) is 19.3 Å². The van der Waals surface area contributed by atoms with Gasteiger partial charge in [0.05, 0.1) is 24.4 Å². The van der Waals surface area contributed by atoms with Crippen molar-refractivity contribution in [3.63, 3.8) is 0 Å². The van der Waals surface area contributed by atoms with Crippen LogP contribution in [-0.4, -0.2) is 34.7 Å². The molecule has 0 unspecified atom stereocenters. The van der Waals surface area contributed by atoms with Gasteiger partial charge in [-0.1, -0.05) is 48.5 Å². The highest BCUT2D eigenvalue weighted by Crippen LogP contribution is 2.38. The van der Waals surface area contributed by atoms with Crippen LogP contribution in [0.3, 0.4) is 0 Å². The number of aromatic carboxylic acids is 1. The number of carbonyl (C=O) groups is 1. The second-order valence-corrected chi connectivity index (χ2v) is 8.78. The number of nitrogens with zero attached hydrogens (tertiary/aromatic N) is 3.